The second-order valence-corrected chi connectivity index (χ2v) is 9.92. The lowest BCUT2D eigenvalue weighted by Gasteiger charge is -2.20. The fourth-order valence-electron chi connectivity index (χ4n) is 3.87. The number of halogens is 1. The molecule has 1 aliphatic heterocycles. The van der Waals surface area contributed by atoms with Gasteiger partial charge in [0, 0.05) is 12.1 Å². The minimum absolute atomic E-state index is 0.0383. The minimum Gasteiger partial charge on any atom is -0.490 e. The molecule has 1 aromatic heterocycles. The van der Waals surface area contributed by atoms with Crippen LogP contribution in [0.4, 0.5) is 11.4 Å². The second kappa shape index (κ2) is 8.23. The summed E-state index contributed by atoms with van der Waals surface area (Å²) < 4.78 is 34.3. The van der Waals surface area contributed by atoms with Crippen LogP contribution < -0.4 is 25.9 Å². The van der Waals surface area contributed by atoms with Gasteiger partial charge in [-0.15, -0.1) is 0 Å². The number of H-pyrrole nitrogens is 2. The lowest BCUT2D eigenvalue weighted by molar-refractivity contribution is 0.323. The number of benzene rings is 3. The van der Waals surface area contributed by atoms with E-state index in [0.29, 0.717) is 29.3 Å². The van der Waals surface area contributed by atoms with Gasteiger partial charge in [0.05, 0.1) is 32.3 Å². The predicted octanol–water partition coefficient (Wildman–Crippen LogP) is 3.45. The summed E-state index contributed by atoms with van der Waals surface area (Å²) in [4.78, 5) is 28.0. The van der Waals surface area contributed by atoms with Crippen molar-refractivity contribution in [3.63, 3.8) is 0 Å². The predicted molar refractivity (Wildman–Crippen MR) is 132 cm³/mol. The monoisotopic (exact) mass is 498 g/mol. The smallest absolute Gasteiger partial charge is 0.314 e. The first kappa shape index (κ1) is 22.1. The van der Waals surface area contributed by atoms with Gasteiger partial charge < -0.3 is 20.0 Å². The number of rotatable bonds is 4. The zero-order valence-corrected chi connectivity index (χ0v) is 19.4. The van der Waals surface area contributed by atoms with Crippen LogP contribution in [0, 0.1) is 6.92 Å². The Bertz CT molecular complexity index is 1680. The molecule has 0 radical (unpaired) electrons. The molecule has 4 N–H and O–H groups in total. The molecule has 9 nitrogen and oxygen atoms in total. The number of anilines is 2. The first-order chi connectivity index (χ1) is 16.2. The van der Waals surface area contributed by atoms with E-state index in [0.717, 1.165) is 22.6 Å². The molecule has 0 fully saturated rings. The number of fused-ring (bicyclic) bond motifs is 2. The van der Waals surface area contributed by atoms with Crippen molar-refractivity contribution >= 4 is 44.0 Å². The van der Waals surface area contributed by atoms with Crippen LogP contribution in [0.15, 0.2) is 63.0 Å². The number of ether oxygens (including phenoxy) is 1. The fourth-order valence-corrected chi connectivity index (χ4v) is 5.47. The Morgan fingerprint density at radius 2 is 1.71 bits per heavy atom. The van der Waals surface area contributed by atoms with Crippen LogP contribution in [-0.4, -0.2) is 31.5 Å². The summed E-state index contributed by atoms with van der Waals surface area (Å²) in [6.07, 6.45) is 0. The summed E-state index contributed by atoms with van der Waals surface area (Å²) in [6, 6.07) is 13.4. The molecule has 0 aliphatic carbocycles. The van der Waals surface area contributed by atoms with Crippen molar-refractivity contribution in [1.82, 2.24) is 9.97 Å². The van der Waals surface area contributed by atoms with Crippen LogP contribution in [0.25, 0.3) is 22.2 Å². The third-order valence-electron chi connectivity index (χ3n) is 5.49. The second-order valence-electron chi connectivity index (χ2n) is 7.86. The van der Waals surface area contributed by atoms with E-state index in [1.165, 1.54) is 18.2 Å². The maximum atomic E-state index is 13.1. The van der Waals surface area contributed by atoms with Crippen molar-refractivity contribution in [2.45, 2.75) is 11.8 Å². The van der Waals surface area contributed by atoms with Crippen LogP contribution in [0.5, 0.6) is 5.75 Å². The topological polar surface area (TPSA) is 133 Å². The van der Waals surface area contributed by atoms with Crippen molar-refractivity contribution in [2.75, 3.05) is 23.2 Å². The first-order valence-corrected chi connectivity index (χ1v) is 12.2. The summed E-state index contributed by atoms with van der Waals surface area (Å²) in [6.45, 7) is 2.91. The Morgan fingerprint density at radius 1 is 0.971 bits per heavy atom. The molecule has 1 aliphatic rings. The standard InChI is InChI=1S/C23H19ClN4O5S/c1-12-8-17-18(27-23(30)22(29)26-17)11-21(12)34(31,32)28-14-3-4-15(16(24)10-14)13-2-5-20-19(9-13)25-6-7-33-20/h2-5,8-11,25,28H,6-7H2,1H3,(H,26,29)(H,27,30). The highest BCUT2D eigenvalue weighted by atomic mass is 35.5. The molecule has 11 heteroatoms. The molecule has 0 saturated carbocycles. The molecule has 0 saturated heterocycles. The molecule has 0 amide bonds. The summed E-state index contributed by atoms with van der Waals surface area (Å²) in [7, 11) is -4.01. The van der Waals surface area contributed by atoms with E-state index in [-0.39, 0.29) is 16.1 Å². The number of hydrogen-bond donors (Lipinski definition) is 4. The third-order valence-corrected chi connectivity index (χ3v) is 7.33. The quantitative estimate of drug-likeness (QED) is 0.318. The maximum absolute atomic E-state index is 13.1. The molecule has 0 atom stereocenters. The highest BCUT2D eigenvalue weighted by molar-refractivity contribution is 7.92. The van der Waals surface area contributed by atoms with E-state index < -0.39 is 21.1 Å². The van der Waals surface area contributed by atoms with Gasteiger partial charge in [-0.3, -0.25) is 14.3 Å². The number of aryl methyl sites for hydroxylation is 1. The molecule has 4 aromatic rings. The minimum atomic E-state index is -4.01. The highest BCUT2D eigenvalue weighted by Crippen LogP contribution is 2.36. The molecule has 0 spiro atoms. The van der Waals surface area contributed by atoms with Gasteiger partial charge in [0.2, 0.25) is 0 Å². The van der Waals surface area contributed by atoms with Crippen LogP contribution >= 0.6 is 11.6 Å². The number of aromatic amines is 2. The summed E-state index contributed by atoms with van der Waals surface area (Å²) in [5.74, 6) is 0.770. The van der Waals surface area contributed by atoms with Gasteiger partial charge in [0.15, 0.2) is 0 Å². The summed E-state index contributed by atoms with van der Waals surface area (Å²) >= 11 is 6.50. The van der Waals surface area contributed by atoms with E-state index in [2.05, 4.69) is 20.0 Å². The maximum Gasteiger partial charge on any atom is 0.314 e. The van der Waals surface area contributed by atoms with E-state index in [9.17, 15) is 18.0 Å². The lowest BCUT2D eigenvalue weighted by atomic mass is 10.0. The zero-order chi connectivity index (χ0) is 24.0. The Labute approximate surface area is 198 Å². The van der Waals surface area contributed by atoms with Crippen molar-refractivity contribution in [3.8, 4) is 16.9 Å². The molecular formula is C23H19ClN4O5S. The molecule has 2 heterocycles. The number of sulfonamides is 1. The van der Waals surface area contributed by atoms with Gasteiger partial charge in [-0.25, -0.2) is 8.42 Å². The van der Waals surface area contributed by atoms with Gasteiger partial charge in [-0.2, -0.15) is 0 Å². The SMILES string of the molecule is Cc1cc2[nH]c(=O)c(=O)[nH]c2cc1S(=O)(=O)Nc1ccc(-c2ccc3c(c2)NCCO3)c(Cl)c1. The average molecular weight is 499 g/mol. The van der Waals surface area contributed by atoms with Gasteiger partial charge in [0.25, 0.3) is 10.0 Å². The number of aromatic nitrogens is 2. The third kappa shape index (κ3) is 4.02. The van der Waals surface area contributed by atoms with Crippen molar-refractivity contribution in [2.24, 2.45) is 0 Å². The number of nitrogens with one attached hydrogen (secondary N) is 4. The Balaban J connectivity index is 1.47. The first-order valence-electron chi connectivity index (χ1n) is 10.3. The van der Waals surface area contributed by atoms with Crippen LogP contribution in [0.2, 0.25) is 5.02 Å². The lowest BCUT2D eigenvalue weighted by Crippen LogP contribution is -2.29. The molecule has 3 aromatic carbocycles. The largest absolute Gasteiger partial charge is 0.490 e. The average Bonchev–Trinajstić information content (AvgIpc) is 2.79. The van der Waals surface area contributed by atoms with Crippen molar-refractivity contribution in [3.05, 3.63) is 79.8 Å². The number of hydrogen-bond acceptors (Lipinski definition) is 6. The molecule has 34 heavy (non-hydrogen) atoms. The van der Waals surface area contributed by atoms with Gasteiger partial charge in [-0.05, 0) is 54.4 Å². The summed E-state index contributed by atoms with van der Waals surface area (Å²) in [5, 5.41) is 3.65. The van der Waals surface area contributed by atoms with E-state index in [1.54, 1.807) is 19.1 Å². The van der Waals surface area contributed by atoms with Gasteiger partial charge in [-0.1, -0.05) is 23.7 Å². The molecule has 0 unspecified atom stereocenters. The van der Waals surface area contributed by atoms with Crippen LogP contribution in [0.3, 0.4) is 0 Å². The fraction of sp³-hybridized carbons (Fsp3) is 0.130. The van der Waals surface area contributed by atoms with Crippen molar-refractivity contribution in [1.29, 1.82) is 0 Å². The zero-order valence-electron chi connectivity index (χ0n) is 17.9. The van der Waals surface area contributed by atoms with Crippen LogP contribution in [-0.2, 0) is 10.0 Å². The molecule has 0 bridgehead atoms. The highest BCUT2D eigenvalue weighted by Gasteiger charge is 2.20. The van der Waals surface area contributed by atoms with E-state index >= 15 is 0 Å². The normalized spacial score (nSPS) is 13.1. The Morgan fingerprint density at radius 3 is 2.44 bits per heavy atom. The summed E-state index contributed by atoms with van der Waals surface area (Å²) in [5.41, 5.74) is 2.01. The van der Waals surface area contributed by atoms with E-state index in [1.807, 2.05) is 18.2 Å². The van der Waals surface area contributed by atoms with Crippen LogP contribution in [0.1, 0.15) is 5.56 Å². The van der Waals surface area contributed by atoms with E-state index in [4.69, 9.17) is 16.3 Å². The molecule has 174 valence electrons. The Kier molecular flexibility index (Phi) is 5.34. The van der Waals surface area contributed by atoms with Gasteiger partial charge in [0.1, 0.15) is 12.4 Å². The molecular weight excluding hydrogens is 480 g/mol. The van der Waals surface area contributed by atoms with Crippen molar-refractivity contribution < 1.29 is 13.2 Å². The Hall–Kier alpha value is -3.76. The molecule has 5 rings (SSSR count). The van der Waals surface area contributed by atoms with Gasteiger partial charge >= 0.3 is 11.1 Å².